The molecule has 2 nitrogen and oxygen atoms in total. The minimum absolute atomic E-state index is 0.0815. The number of nitrogens with zero attached hydrogens (tertiary/aromatic N) is 1. The molecule has 1 aromatic rings. The summed E-state index contributed by atoms with van der Waals surface area (Å²) < 4.78 is 39.7. The summed E-state index contributed by atoms with van der Waals surface area (Å²) in [6.07, 6.45) is -3.44. The number of hydrogen-bond donors (Lipinski definition) is 1. The lowest BCUT2D eigenvalue weighted by molar-refractivity contribution is -0.295. The van der Waals surface area contributed by atoms with Crippen molar-refractivity contribution in [1.29, 1.82) is 5.26 Å². The van der Waals surface area contributed by atoms with Gasteiger partial charge in [0.1, 0.15) is 6.07 Å². The standard InChI is InChI=1S/C13H11ClF3NO/c14-11-6-10(5-4-8(11)7-18)12(19,13(15,16)17)9-2-1-3-9/h4-6,9,19H,1-3H2. The Labute approximate surface area is 113 Å². The average Bonchev–Trinajstić information content (AvgIpc) is 2.24. The van der Waals surface area contributed by atoms with Crippen molar-refractivity contribution < 1.29 is 18.3 Å². The third-order valence-corrected chi connectivity index (χ3v) is 3.97. The van der Waals surface area contributed by atoms with Gasteiger partial charge in [-0.25, -0.2) is 0 Å². The van der Waals surface area contributed by atoms with Gasteiger partial charge in [-0.3, -0.25) is 0 Å². The molecule has 0 amide bonds. The lowest BCUT2D eigenvalue weighted by atomic mass is 9.69. The Balaban J connectivity index is 2.51. The van der Waals surface area contributed by atoms with Crippen LogP contribution < -0.4 is 0 Å². The number of nitriles is 1. The van der Waals surface area contributed by atoms with Gasteiger partial charge in [-0.05, 0) is 30.5 Å². The Morgan fingerprint density at radius 1 is 1.32 bits per heavy atom. The quantitative estimate of drug-likeness (QED) is 0.901. The summed E-state index contributed by atoms with van der Waals surface area (Å²) in [5.74, 6) is -0.850. The zero-order chi connectivity index (χ0) is 14.3. The van der Waals surface area contributed by atoms with Crippen LogP contribution in [0.4, 0.5) is 13.2 Å². The zero-order valence-electron chi connectivity index (χ0n) is 9.84. The first kappa shape index (κ1) is 14.2. The molecule has 2 rings (SSSR count). The van der Waals surface area contributed by atoms with E-state index in [9.17, 15) is 18.3 Å². The van der Waals surface area contributed by atoms with E-state index in [-0.39, 0.29) is 16.1 Å². The molecule has 1 N–H and O–H groups in total. The van der Waals surface area contributed by atoms with E-state index in [1.807, 2.05) is 0 Å². The predicted octanol–water partition coefficient (Wildman–Crippen LogP) is 3.76. The van der Waals surface area contributed by atoms with Gasteiger partial charge in [0.15, 0.2) is 5.60 Å². The minimum atomic E-state index is -4.77. The number of alkyl halides is 3. The summed E-state index contributed by atoms with van der Waals surface area (Å²) in [6, 6.07) is 5.13. The van der Waals surface area contributed by atoms with Gasteiger partial charge in [-0.2, -0.15) is 18.4 Å². The smallest absolute Gasteiger partial charge is 0.376 e. The van der Waals surface area contributed by atoms with Crippen molar-refractivity contribution >= 4 is 11.6 Å². The minimum Gasteiger partial charge on any atom is -0.376 e. The molecule has 0 spiro atoms. The summed E-state index contributed by atoms with van der Waals surface area (Å²) in [6.45, 7) is 0. The van der Waals surface area contributed by atoms with Crippen LogP contribution >= 0.6 is 11.6 Å². The summed E-state index contributed by atoms with van der Waals surface area (Å²) in [5, 5.41) is 18.8. The fourth-order valence-electron chi connectivity index (χ4n) is 2.30. The van der Waals surface area contributed by atoms with Crippen molar-refractivity contribution in [2.24, 2.45) is 5.92 Å². The molecule has 0 heterocycles. The Morgan fingerprint density at radius 3 is 2.32 bits per heavy atom. The number of benzene rings is 1. The summed E-state index contributed by atoms with van der Waals surface area (Å²) in [7, 11) is 0. The fourth-order valence-corrected chi connectivity index (χ4v) is 2.52. The van der Waals surface area contributed by atoms with Crippen LogP contribution in [0.5, 0.6) is 0 Å². The van der Waals surface area contributed by atoms with Gasteiger partial charge in [0.2, 0.25) is 0 Å². The first-order chi connectivity index (χ1) is 8.80. The highest BCUT2D eigenvalue weighted by Crippen LogP contribution is 2.51. The number of halogens is 4. The maximum absolute atomic E-state index is 13.2. The molecule has 0 bridgehead atoms. The molecule has 6 heteroatoms. The van der Waals surface area contributed by atoms with Gasteiger partial charge in [0.25, 0.3) is 0 Å². The van der Waals surface area contributed by atoms with Crippen LogP contribution in [0, 0.1) is 17.2 Å². The van der Waals surface area contributed by atoms with E-state index in [0.29, 0.717) is 19.3 Å². The Morgan fingerprint density at radius 2 is 1.95 bits per heavy atom. The molecule has 102 valence electrons. The molecule has 1 atom stereocenters. The molecule has 19 heavy (non-hydrogen) atoms. The van der Waals surface area contributed by atoms with E-state index < -0.39 is 17.7 Å². The third-order valence-electron chi connectivity index (χ3n) is 3.66. The average molecular weight is 290 g/mol. The maximum atomic E-state index is 13.2. The van der Waals surface area contributed by atoms with E-state index in [0.717, 1.165) is 12.1 Å². The maximum Gasteiger partial charge on any atom is 0.421 e. The topological polar surface area (TPSA) is 44.0 Å². The SMILES string of the molecule is N#Cc1ccc(C(O)(C2CCC2)C(F)(F)F)cc1Cl. The van der Waals surface area contributed by atoms with Crippen LogP contribution in [0.1, 0.15) is 30.4 Å². The second-order valence-corrected chi connectivity index (χ2v) is 5.11. The van der Waals surface area contributed by atoms with Crippen LogP contribution in [-0.4, -0.2) is 11.3 Å². The molecule has 0 radical (unpaired) electrons. The van der Waals surface area contributed by atoms with Crippen LogP contribution in [0.3, 0.4) is 0 Å². The van der Waals surface area contributed by atoms with Gasteiger partial charge in [-0.1, -0.05) is 24.1 Å². The van der Waals surface area contributed by atoms with Crippen LogP contribution in [0.25, 0.3) is 0 Å². The molecule has 1 fully saturated rings. The van der Waals surface area contributed by atoms with Gasteiger partial charge >= 0.3 is 6.18 Å². The highest BCUT2D eigenvalue weighted by atomic mass is 35.5. The molecule has 1 unspecified atom stereocenters. The van der Waals surface area contributed by atoms with Crippen molar-refractivity contribution in [3.05, 3.63) is 34.3 Å². The molecule has 1 aliphatic rings. The Kier molecular flexibility index (Phi) is 3.50. The number of aliphatic hydroxyl groups is 1. The normalized spacial score (nSPS) is 19.4. The van der Waals surface area contributed by atoms with Gasteiger partial charge < -0.3 is 5.11 Å². The molecule has 1 aliphatic carbocycles. The molecule has 0 aliphatic heterocycles. The van der Waals surface area contributed by atoms with Gasteiger partial charge in [-0.15, -0.1) is 0 Å². The second kappa shape index (κ2) is 4.69. The van der Waals surface area contributed by atoms with E-state index in [4.69, 9.17) is 16.9 Å². The van der Waals surface area contributed by atoms with Crippen molar-refractivity contribution in [3.63, 3.8) is 0 Å². The molecule has 0 saturated heterocycles. The first-order valence-corrected chi connectivity index (χ1v) is 6.17. The molecular formula is C13H11ClF3NO. The third kappa shape index (κ3) is 2.19. The predicted molar refractivity (Wildman–Crippen MR) is 63.5 cm³/mol. The summed E-state index contributed by atoms with van der Waals surface area (Å²) in [5.41, 5.74) is -3.10. The van der Waals surface area contributed by atoms with Crippen LogP contribution in [-0.2, 0) is 5.60 Å². The van der Waals surface area contributed by atoms with Gasteiger partial charge in [0, 0.05) is 5.92 Å². The van der Waals surface area contributed by atoms with Crippen molar-refractivity contribution in [2.75, 3.05) is 0 Å². The summed E-state index contributed by atoms with van der Waals surface area (Å²) in [4.78, 5) is 0. The van der Waals surface area contributed by atoms with Gasteiger partial charge in [0.05, 0.1) is 10.6 Å². The van der Waals surface area contributed by atoms with Crippen molar-refractivity contribution in [2.45, 2.75) is 31.0 Å². The number of hydrogen-bond acceptors (Lipinski definition) is 2. The zero-order valence-corrected chi connectivity index (χ0v) is 10.6. The Bertz CT molecular complexity index is 534. The lowest BCUT2D eigenvalue weighted by Crippen LogP contribution is -2.50. The highest BCUT2D eigenvalue weighted by Gasteiger charge is 2.60. The Hall–Kier alpha value is -1.25. The molecule has 1 saturated carbocycles. The van der Waals surface area contributed by atoms with E-state index in [1.165, 1.54) is 6.07 Å². The molecule has 0 aromatic heterocycles. The molecule has 1 aromatic carbocycles. The highest BCUT2D eigenvalue weighted by molar-refractivity contribution is 6.31. The van der Waals surface area contributed by atoms with Crippen LogP contribution in [0.2, 0.25) is 5.02 Å². The monoisotopic (exact) mass is 289 g/mol. The largest absolute Gasteiger partial charge is 0.421 e. The summed E-state index contributed by atoms with van der Waals surface area (Å²) >= 11 is 5.75. The van der Waals surface area contributed by atoms with Crippen LogP contribution in [0.15, 0.2) is 18.2 Å². The lowest BCUT2D eigenvalue weighted by Gasteiger charge is -2.42. The van der Waals surface area contributed by atoms with Crippen molar-refractivity contribution in [1.82, 2.24) is 0 Å². The fraction of sp³-hybridized carbons (Fsp3) is 0.462. The second-order valence-electron chi connectivity index (χ2n) is 4.70. The first-order valence-electron chi connectivity index (χ1n) is 5.80. The number of rotatable bonds is 2. The van der Waals surface area contributed by atoms with E-state index in [2.05, 4.69) is 0 Å². The van der Waals surface area contributed by atoms with E-state index in [1.54, 1.807) is 6.07 Å². The van der Waals surface area contributed by atoms with Crippen molar-refractivity contribution in [3.8, 4) is 6.07 Å². The molecular weight excluding hydrogens is 279 g/mol. The van der Waals surface area contributed by atoms with E-state index >= 15 is 0 Å².